The summed E-state index contributed by atoms with van der Waals surface area (Å²) in [7, 11) is 0. The molecular weight excluding hydrogens is 338 g/mol. The summed E-state index contributed by atoms with van der Waals surface area (Å²) in [6.07, 6.45) is 5.02. The van der Waals surface area contributed by atoms with E-state index in [9.17, 15) is 9.90 Å². The number of nitrogens with zero attached hydrogens (tertiary/aromatic N) is 3. The van der Waals surface area contributed by atoms with E-state index in [1.54, 1.807) is 40.0 Å². The van der Waals surface area contributed by atoms with Crippen LogP contribution in [0.5, 0.6) is 0 Å². The van der Waals surface area contributed by atoms with E-state index in [4.69, 9.17) is 0 Å². The molecule has 0 bridgehead atoms. The molecule has 1 unspecified atom stereocenters. The number of benzene rings is 2. The van der Waals surface area contributed by atoms with Crippen molar-refractivity contribution in [3.63, 3.8) is 0 Å². The molecular formula is C22H19N3O2. The number of aliphatic hydroxyl groups excluding tert-OH is 1. The van der Waals surface area contributed by atoms with Crippen molar-refractivity contribution in [3.05, 3.63) is 107 Å². The molecule has 1 N–H and O–H groups in total. The Kier molecular flexibility index (Phi) is 4.68. The van der Waals surface area contributed by atoms with Crippen molar-refractivity contribution >= 4 is 0 Å². The van der Waals surface area contributed by atoms with Crippen LogP contribution in [0.4, 0.5) is 0 Å². The molecule has 134 valence electrons. The SMILES string of the molecule is O=c1ccc(-c2cnn(C(O)Cc3ccccc3)c2)cn1-c1ccccc1. The average molecular weight is 357 g/mol. The van der Waals surface area contributed by atoms with Gasteiger partial charge in [-0.25, -0.2) is 4.68 Å². The fourth-order valence-electron chi connectivity index (χ4n) is 3.02. The molecule has 5 nitrogen and oxygen atoms in total. The second-order valence-corrected chi connectivity index (χ2v) is 6.34. The van der Waals surface area contributed by atoms with Gasteiger partial charge in [0.05, 0.1) is 6.20 Å². The third-order valence-corrected chi connectivity index (χ3v) is 4.45. The lowest BCUT2D eigenvalue weighted by molar-refractivity contribution is 0.0911. The van der Waals surface area contributed by atoms with E-state index in [1.165, 1.54) is 0 Å². The summed E-state index contributed by atoms with van der Waals surface area (Å²) in [5.41, 5.74) is 3.45. The highest BCUT2D eigenvalue weighted by atomic mass is 16.3. The normalized spacial score (nSPS) is 12.0. The lowest BCUT2D eigenvalue weighted by Crippen LogP contribution is -2.16. The fraction of sp³-hybridized carbons (Fsp3) is 0.0909. The van der Waals surface area contributed by atoms with Crippen molar-refractivity contribution in [1.29, 1.82) is 0 Å². The number of aliphatic hydroxyl groups is 1. The maximum absolute atomic E-state index is 12.2. The van der Waals surface area contributed by atoms with Gasteiger partial charge in [-0.15, -0.1) is 0 Å². The van der Waals surface area contributed by atoms with Crippen LogP contribution in [0.15, 0.2) is 96.2 Å². The molecule has 4 aromatic rings. The Morgan fingerprint density at radius 1 is 0.852 bits per heavy atom. The maximum Gasteiger partial charge on any atom is 0.255 e. The van der Waals surface area contributed by atoms with Crippen LogP contribution in [-0.2, 0) is 6.42 Å². The maximum atomic E-state index is 12.2. The van der Waals surface area contributed by atoms with Crippen molar-refractivity contribution in [3.8, 4) is 16.8 Å². The molecule has 0 amide bonds. The van der Waals surface area contributed by atoms with Crippen LogP contribution in [0.1, 0.15) is 11.8 Å². The zero-order valence-corrected chi connectivity index (χ0v) is 14.6. The highest BCUT2D eigenvalue weighted by Gasteiger charge is 2.11. The molecule has 0 aliphatic rings. The molecule has 1 atom stereocenters. The van der Waals surface area contributed by atoms with Crippen LogP contribution < -0.4 is 5.56 Å². The first-order chi connectivity index (χ1) is 13.2. The van der Waals surface area contributed by atoms with Gasteiger partial charge in [0.15, 0.2) is 6.23 Å². The van der Waals surface area contributed by atoms with E-state index in [-0.39, 0.29) is 5.56 Å². The van der Waals surface area contributed by atoms with E-state index in [0.29, 0.717) is 6.42 Å². The summed E-state index contributed by atoms with van der Waals surface area (Å²) in [5, 5.41) is 14.7. The van der Waals surface area contributed by atoms with Gasteiger partial charge in [0.25, 0.3) is 5.56 Å². The van der Waals surface area contributed by atoms with Crippen LogP contribution >= 0.6 is 0 Å². The molecule has 0 spiro atoms. The van der Waals surface area contributed by atoms with Gasteiger partial charge in [-0.3, -0.25) is 9.36 Å². The fourth-order valence-corrected chi connectivity index (χ4v) is 3.02. The number of aromatic nitrogens is 3. The number of pyridine rings is 1. The molecule has 0 aliphatic carbocycles. The summed E-state index contributed by atoms with van der Waals surface area (Å²) in [5.74, 6) is 0. The Balaban J connectivity index is 1.61. The van der Waals surface area contributed by atoms with Gasteiger partial charge < -0.3 is 5.11 Å². The molecule has 4 rings (SSSR count). The third kappa shape index (κ3) is 3.73. The summed E-state index contributed by atoms with van der Waals surface area (Å²) in [6, 6.07) is 22.6. The van der Waals surface area contributed by atoms with E-state index < -0.39 is 6.23 Å². The Labute approximate surface area is 156 Å². The number of rotatable bonds is 5. The van der Waals surface area contributed by atoms with Gasteiger partial charge in [-0.2, -0.15) is 5.10 Å². The van der Waals surface area contributed by atoms with E-state index in [1.807, 2.05) is 60.7 Å². The zero-order valence-electron chi connectivity index (χ0n) is 14.6. The number of para-hydroxylation sites is 1. The summed E-state index contributed by atoms with van der Waals surface area (Å²) in [6.45, 7) is 0. The van der Waals surface area contributed by atoms with Gasteiger partial charge in [0, 0.05) is 41.7 Å². The highest BCUT2D eigenvalue weighted by Crippen LogP contribution is 2.20. The Bertz CT molecular complexity index is 1090. The van der Waals surface area contributed by atoms with E-state index in [2.05, 4.69) is 5.10 Å². The van der Waals surface area contributed by atoms with Gasteiger partial charge in [0.1, 0.15) is 0 Å². The van der Waals surface area contributed by atoms with Crippen molar-refractivity contribution in [2.75, 3.05) is 0 Å². The highest BCUT2D eigenvalue weighted by molar-refractivity contribution is 5.61. The van der Waals surface area contributed by atoms with Crippen LogP contribution in [0.25, 0.3) is 16.8 Å². The summed E-state index contributed by atoms with van der Waals surface area (Å²) >= 11 is 0. The Morgan fingerprint density at radius 3 is 2.30 bits per heavy atom. The molecule has 0 fully saturated rings. The first-order valence-corrected chi connectivity index (χ1v) is 8.75. The predicted octanol–water partition coefficient (Wildman–Crippen LogP) is 3.43. The van der Waals surface area contributed by atoms with E-state index in [0.717, 1.165) is 22.4 Å². The first-order valence-electron chi connectivity index (χ1n) is 8.75. The number of hydrogen-bond acceptors (Lipinski definition) is 3. The molecule has 2 aromatic carbocycles. The lowest BCUT2D eigenvalue weighted by Gasteiger charge is -2.11. The van der Waals surface area contributed by atoms with Crippen molar-refractivity contribution in [2.24, 2.45) is 0 Å². The second-order valence-electron chi connectivity index (χ2n) is 6.34. The van der Waals surface area contributed by atoms with Gasteiger partial charge in [0.2, 0.25) is 0 Å². The number of hydrogen-bond donors (Lipinski definition) is 1. The van der Waals surface area contributed by atoms with E-state index >= 15 is 0 Å². The summed E-state index contributed by atoms with van der Waals surface area (Å²) in [4.78, 5) is 12.2. The van der Waals surface area contributed by atoms with Crippen molar-refractivity contribution in [2.45, 2.75) is 12.6 Å². The minimum absolute atomic E-state index is 0.0959. The van der Waals surface area contributed by atoms with Crippen LogP contribution in [0.2, 0.25) is 0 Å². The average Bonchev–Trinajstić information content (AvgIpc) is 3.20. The van der Waals surface area contributed by atoms with Gasteiger partial charge in [-0.1, -0.05) is 48.5 Å². The predicted molar refractivity (Wildman–Crippen MR) is 105 cm³/mol. The van der Waals surface area contributed by atoms with Gasteiger partial charge >= 0.3 is 0 Å². The van der Waals surface area contributed by atoms with Crippen LogP contribution in [0, 0.1) is 0 Å². The topological polar surface area (TPSA) is 60.1 Å². The molecule has 0 saturated carbocycles. The van der Waals surface area contributed by atoms with Gasteiger partial charge in [-0.05, 0) is 23.8 Å². The third-order valence-electron chi connectivity index (χ3n) is 4.45. The minimum atomic E-state index is -0.749. The zero-order chi connectivity index (χ0) is 18.6. The monoisotopic (exact) mass is 357 g/mol. The lowest BCUT2D eigenvalue weighted by atomic mass is 10.1. The molecule has 2 aromatic heterocycles. The smallest absolute Gasteiger partial charge is 0.255 e. The quantitative estimate of drug-likeness (QED) is 0.595. The first kappa shape index (κ1) is 17.0. The van der Waals surface area contributed by atoms with Crippen molar-refractivity contribution < 1.29 is 5.11 Å². The molecule has 0 aliphatic heterocycles. The second kappa shape index (κ2) is 7.43. The minimum Gasteiger partial charge on any atom is -0.371 e. The standard InChI is InChI=1S/C22H19N3O2/c26-21-12-11-18(15-24(21)20-9-5-2-6-10-20)19-14-23-25(16-19)22(27)13-17-7-3-1-4-8-17/h1-12,14-16,22,27H,13H2. The summed E-state index contributed by atoms with van der Waals surface area (Å²) < 4.78 is 3.15. The molecule has 27 heavy (non-hydrogen) atoms. The van der Waals surface area contributed by atoms with Crippen LogP contribution in [-0.4, -0.2) is 19.5 Å². The van der Waals surface area contributed by atoms with Crippen LogP contribution in [0.3, 0.4) is 0 Å². The largest absolute Gasteiger partial charge is 0.371 e. The van der Waals surface area contributed by atoms with Crippen molar-refractivity contribution in [1.82, 2.24) is 14.3 Å². The Morgan fingerprint density at radius 2 is 1.56 bits per heavy atom. The molecule has 0 radical (unpaired) electrons. The molecule has 0 saturated heterocycles. The Hall–Kier alpha value is -3.44. The molecule has 2 heterocycles. The molecule has 5 heteroatoms.